The van der Waals surface area contributed by atoms with E-state index in [-0.39, 0.29) is 24.0 Å². The predicted octanol–water partition coefficient (Wildman–Crippen LogP) is 1.62. The van der Waals surface area contributed by atoms with Gasteiger partial charge in [-0.1, -0.05) is 13.8 Å². The molecule has 1 aromatic carbocycles. The number of carbonyl (C=O) groups is 3. The van der Waals surface area contributed by atoms with Crippen molar-refractivity contribution in [3.05, 3.63) is 22.2 Å². The molecular formula is C14H15BrN2O5. The third-order valence-corrected chi connectivity index (χ3v) is 3.82. The molecule has 0 fully saturated rings. The standard InChI is InChI=1S/C14H15BrN2O5/c1-6(2)12(14(20)21)17-13(19)7-3-10-9(4-8(7)15)16-11(18)5-22-10/h3-4,6,12H,5H2,1-2H3,(H,16,18)(H,17,19)(H,20,21)/t12-/m1/s1. The fraction of sp³-hybridized carbons (Fsp3) is 0.357. The van der Waals surface area contributed by atoms with Crippen LogP contribution in [0, 0.1) is 5.92 Å². The van der Waals surface area contributed by atoms with Gasteiger partial charge in [0.1, 0.15) is 11.8 Å². The maximum Gasteiger partial charge on any atom is 0.326 e. The molecule has 1 heterocycles. The van der Waals surface area contributed by atoms with Crippen LogP contribution in [0.1, 0.15) is 24.2 Å². The van der Waals surface area contributed by atoms with Crippen molar-refractivity contribution >= 4 is 39.4 Å². The van der Waals surface area contributed by atoms with Gasteiger partial charge in [0.15, 0.2) is 6.61 Å². The second kappa shape index (κ2) is 6.35. The van der Waals surface area contributed by atoms with Crippen LogP contribution in [-0.2, 0) is 9.59 Å². The summed E-state index contributed by atoms with van der Waals surface area (Å²) in [6, 6.07) is 2.02. The molecule has 0 bridgehead atoms. The quantitative estimate of drug-likeness (QED) is 0.746. The highest BCUT2D eigenvalue weighted by Gasteiger charge is 2.26. The lowest BCUT2D eigenvalue weighted by molar-refractivity contribution is -0.140. The number of rotatable bonds is 4. The van der Waals surface area contributed by atoms with Crippen molar-refractivity contribution in [2.45, 2.75) is 19.9 Å². The summed E-state index contributed by atoms with van der Waals surface area (Å²) in [7, 11) is 0. The highest BCUT2D eigenvalue weighted by molar-refractivity contribution is 9.10. The number of carboxylic acid groups (broad SMARTS) is 1. The number of halogens is 1. The van der Waals surface area contributed by atoms with Crippen LogP contribution in [0.15, 0.2) is 16.6 Å². The van der Waals surface area contributed by atoms with E-state index in [1.54, 1.807) is 19.9 Å². The number of carbonyl (C=O) groups excluding carboxylic acids is 2. The number of carboxylic acids is 1. The smallest absolute Gasteiger partial charge is 0.326 e. The molecule has 0 aromatic heterocycles. The zero-order chi connectivity index (χ0) is 16.4. The Bertz CT molecular complexity index is 644. The molecule has 22 heavy (non-hydrogen) atoms. The summed E-state index contributed by atoms with van der Waals surface area (Å²) in [5, 5.41) is 14.2. The SMILES string of the molecule is CC(C)[C@@H](NC(=O)c1cc2c(cc1Br)NC(=O)CO2)C(=O)O. The van der Waals surface area contributed by atoms with E-state index in [2.05, 4.69) is 26.6 Å². The number of fused-ring (bicyclic) bond motifs is 1. The van der Waals surface area contributed by atoms with Crippen molar-refractivity contribution in [2.24, 2.45) is 5.92 Å². The molecule has 0 radical (unpaired) electrons. The van der Waals surface area contributed by atoms with E-state index in [9.17, 15) is 14.4 Å². The molecule has 0 aliphatic carbocycles. The number of benzene rings is 1. The number of amides is 2. The third kappa shape index (κ3) is 3.38. The fourth-order valence-corrected chi connectivity index (χ4v) is 2.53. The zero-order valence-corrected chi connectivity index (χ0v) is 13.6. The minimum atomic E-state index is -1.10. The van der Waals surface area contributed by atoms with E-state index in [1.165, 1.54) is 6.07 Å². The third-order valence-electron chi connectivity index (χ3n) is 3.17. The maximum absolute atomic E-state index is 12.3. The van der Waals surface area contributed by atoms with Crippen LogP contribution < -0.4 is 15.4 Å². The second-order valence-electron chi connectivity index (χ2n) is 5.20. The Morgan fingerprint density at radius 1 is 1.41 bits per heavy atom. The van der Waals surface area contributed by atoms with Crippen LogP contribution in [0.4, 0.5) is 5.69 Å². The molecule has 118 valence electrons. The van der Waals surface area contributed by atoms with Gasteiger partial charge >= 0.3 is 5.97 Å². The summed E-state index contributed by atoms with van der Waals surface area (Å²) in [6.07, 6.45) is 0. The highest BCUT2D eigenvalue weighted by Crippen LogP contribution is 2.33. The molecule has 1 atom stereocenters. The van der Waals surface area contributed by atoms with Gasteiger partial charge in [0.05, 0.1) is 11.3 Å². The number of anilines is 1. The molecule has 2 rings (SSSR count). The van der Waals surface area contributed by atoms with Crippen LogP contribution in [0.3, 0.4) is 0 Å². The van der Waals surface area contributed by atoms with Crippen LogP contribution in [0.2, 0.25) is 0 Å². The molecule has 1 aliphatic rings. The number of hydrogen-bond acceptors (Lipinski definition) is 4. The van der Waals surface area contributed by atoms with Crippen LogP contribution in [-0.4, -0.2) is 35.5 Å². The van der Waals surface area contributed by atoms with Crippen molar-refractivity contribution in [3.63, 3.8) is 0 Å². The highest BCUT2D eigenvalue weighted by atomic mass is 79.9. The number of ether oxygens (including phenoxy) is 1. The molecule has 1 aliphatic heterocycles. The average Bonchev–Trinajstić information content (AvgIpc) is 2.42. The minimum absolute atomic E-state index is 0.126. The van der Waals surface area contributed by atoms with Gasteiger partial charge in [-0.05, 0) is 34.0 Å². The van der Waals surface area contributed by atoms with Crippen molar-refractivity contribution in [3.8, 4) is 5.75 Å². The van der Waals surface area contributed by atoms with Gasteiger partial charge in [-0.3, -0.25) is 9.59 Å². The number of aliphatic carboxylic acids is 1. The summed E-state index contributed by atoms with van der Waals surface area (Å²) >= 11 is 3.24. The first-order valence-electron chi connectivity index (χ1n) is 6.59. The van der Waals surface area contributed by atoms with Gasteiger partial charge in [0.25, 0.3) is 11.8 Å². The summed E-state index contributed by atoms with van der Waals surface area (Å²) in [5.41, 5.74) is 0.695. The molecule has 0 saturated heterocycles. The topological polar surface area (TPSA) is 105 Å². The first-order valence-corrected chi connectivity index (χ1v) is 7.38. The van der Waals surface area contributed by atoms with E-state index in [0.717, 1.165) is 0 Å². The summed E-state index contributed by atoms with van der Waals surface area (Å²) in [5.74, 6) is -1.79. The first kappa shape index (κ1) is 16.3. The van der Waals surface area contributed by atoms with Gasteiger partial charge in [-0.2, -0.15) is 0 Å². The Labute approximate surface area is 135 Å². The Morgan fingerprint density at radius 3 is 2.68 bits per heavy atom. The van der Waals surface area contributed by atoms with Crippen LogP contribution in [0.25, 0.3) is 0 Å². The van der Waals surface area contributed by atoms with E-state index >= 15 is 0 Å². The Morgan fingerprint density at radius 2 is 2.09 bits per heavy atom. The maximum atomic E-state index is 12.3. The van der Waals surface area contributed by atoms with Gasteiger partial charge in [-0.25, -0.2) is 4.79 Å². The van der Waals surface area contributed by atoms with Gasteiger partial charge in [0, 0.05) is 4.47 Å². The molecule has 3 N–H and O–H groups in total. The number of hydrogen-bond donors (Lipinski definition) is 3. The first-order chi connectivity index (χ1) is 10.3. The lowest BCUT2D eigenvalue weighted by Crippen LogP contribution is -2.44. The lowest BCUT2D eigenvalue weighted by atomic mass is 10.0. The molecule has 8 heteroatoms. The van der Waals surface area contributed by atoms with Gasteiger partial charge in [0.2, 0.25) is 0 Å². The summed E-state index contributed by atoms with van der Waals surface area (Å²) < 4.78 is 5.69. The van der Waals surface area contributed by atoms with Crippen LogP contribution >= 0.6 is 15.9 Å². The fourth-order valence-electron chi connectivity index (χ4n) is 2.01. The minimum Gasteiger partial charge on any atom is -0.482 e. The Balaban J connectivity index is 2.27. The van der Waals surface area contributed by atoms with Gasteiger partial charge < -0.3 is 20.5 Å². The monoisotopic (exact) mass is 370 g/mol. The molecule has 0 spiro atoms. The lowest BCUT2D eigenvalue weighted by Gasteiger charge is -2.21. The molecule has 1 aromatic rings. The van der Waals surface area contributed by atoms with Gasteiger partial charge in [-0.15, -0.1) is 0 Å². The van der Waals surface area contributed by atoms with Crippen molar-refractivity contribution in [1.82, 2.24) is 5.32 Å². The summed E-state index contributed by atoms with van der Waals surface area (Å²) in [4.78, 5) is 34.7. The molecule has 2 amide bonds. The van der Waals surface area contributed by atoms with E-state index in [0.29, 0.717) is 15.9 Å². The van der Waals surface area contributed by atoms with Crippen LogP contribution in [0.5, 0.6) is 5.75 Å². The molecular weight excluding hydrogens is 356 g/mol. The number of nitrogens with one attached hydrogen (secondary N) is 2. The Hall–Kier alpha value is -2.09. The molecule has 7 nitrogen and oxygen atoms in total. The Kier molecular flexibility index (Phi) is 4.70. The zero-order valence-electron chi connectivity index (χ0n) is 12.0. The second-order valence-corrected chi connectivity index (χ2v) is 6.05. The van der Waals surface area contributed by atoms with Crippen molar-refractivity contribution < 1.29 is 24.2 Å². The normalized spacial score (nSPS) is 14.6. The van der Waals surface area contributed by atoms with E-state index < -0.39 is 17.9 Å². The van der Waals surface area contributed by atoms with E-state index in [4.69, 9.17) is 9.84 Å². The van der Waals surface area contributed by atoms with Crippen molar-refractivity contribution in [2.75, 3.05) is 11.9 Å². The largest absolute Gasteiger partial charge is 0.482 e. The summed E-state index contributed by atoms with van der Waals surface area (Å²) in [6.45, 7) is 3.29. The average molecular weight is 371 g/mol. The van der Waals surface area contributed by atoms with Crippen molar-refractivity contribution in [1.29, 1.82) is 0 Å². The van der Waals surface area contributed by atoms with E-state index in [1.807, 2.05) is 0 Å². The molecule has 0 unspecified atom stereocenters. The molecule has 0 saturated carbocycles. The predicted molar refractivity (Wildman–Crippen MR) is 82.0 cm³/mol.